The number of aliphatic carboxylic acids is 1. The van der Waals surface area contributed by atoms with Crippen molar-refractivity contribution >= 4 is 22.6 Å². The molecule has 7 nitrogen and oxygen atoms in total. The van der Waals surface area contributed by atoms with Crippen molar-refractivity contribution in [2.75, 3.05) is 52.3 Å². The summed E-state index contributed by atoms with van der Waals surface area (Å²) in [4.78, 5) is 20.1. The van der Waals surface area contributed by atoms with Crippen molar-refractivity contribution in [1.82, 2.24) is 9.88 Å². The second-order valence-corrected chi connectivity index (χ2v) is 10.8. The smallest absolute Gasteiger partial charge is 0.303 e. The molecule has 41 heavy (non-hydrogen) atoms. The van der Waals surface area contributed by atoms with Crippen molar-refractivity contribution in [3.63, 3.8) is 0 Å². The van der Waals surface area contributed by atoms with Crippen molar-refractivity contribution in [2.24, 2.45) is 5.41 Å². The Morgan fingerprint density at radius 3 is 2.44 bits per heavy atom. The highest BCUT2D eigenvalue weighted by atomic mass is 19.1. The standard InChI is InChI=1S/C30H35F4N3O4/c1-36(2)26-18-35-25-5-4-20(40-3)16-21(25)28(26)22(32)6-7-30(17-27(38)39)8-10-37(11-9-30)12-13-41-29-23(33)14-19(31)15-24(29)34/h4-5,14-16,18,22H,6-13,17H2,1-3H3,(H,38,39)/t22-/m0/s1. The number of ether oxygens (including phenoxy) is 2. The number of benzene rings is 2. The molecule has 1 aromatic heterocycles. The summed E-state index contributed by atoms with van der Waals surface area (Å²) < 4.78 is 67.5. The summed E-state index contributed by atoms with van der Waals surface area (Å²) in [6, 6.07) is 6.45. The van der Waals surface area contributed by atoms with Gasteiger partial charge in [0.2, 0.25) is 0 Å². The topological polar surface area (TPSA) is 75.1 Å². The van der Waals surface area contributed by atoms with Crippen LogP contribution in [0.25, 0.3) is 10.9 Å². The zero-order chi connectivity index (χ0) is 29.7. The van der Waals surface area contributed by atoms with Gasteiger partial charge in [0.25, 0.3) is 0 Å². The maximum absolute atomic E-state index is 16.1. The first-order valence-electron chi connectivity index (χ1n) is 13.5. The molecular formula is C30H35F4N3O4. The minimum Gasteiger partial charge on any atom is -0.497 e. The molecule has 0 spiro atoms. The van der Waals surface area contributed by atoms with Gasteiger partial charge in [-0.15, -0.1) is 0 Å². The van der Waals surface area contributed by atoms with Crippen molar-refractivity contribution in [3.8, 4) is 11.5 Å². The fourth-order valence-corrected chi connectivity index (χ4v) is 5.60. The maximum Gasteiger partial charge on any atom is 0.303 e. The van der Waals surface area contributed by atoms with Crippen LogP contribution in [0, 0.1) is 22.9 Å². The molecule has 0 radical (unpaired) electrons. The molecule has 0 unspecified atom stereocenters. The number of hydrogen-bond donors (Lipinski definition) is 1. The first-order chi connectivity index (χ1) is 19.5. The Kier molecular flexibility index (Phi) is 9.57. The quantitative estimate of drug-likeness (QED) is 0.259. The minimum atomic E-state index is -1.36. The molecular weight excluding hydrogens is 542 g/mol. The number of halogens is 4. The number of hydrogen-bond acceptors (Lipinski definition) is 6. The summed E-state index contributed by atoms with van der Waals surface area (Å²) in [5, 5.41) is 10.3. The number of piperidine rings is 1. The van der Waals surface area contributed by atoms with Gasteiger partial charge in [0.1, 0.15) is 24.3 Å². The number of likely N-dealkylation sites (tertiary alicyclic amines) is 1. The molecule has 1 N–H and O–H groups in total. The number of aromatic nitrogens is 1. The Labute approximate surface area is 236 Å². The normalized spacial score (nSPS) is 16.0. The van der Waals surface area contributed by atoms with E-state index in [2.05, 4.69) is 4.98 Å². The highest BCUT2D eigenvalue weighted by molar-refractivity contribution is 5.88. The molecule has 0 bridgehead atoms. The van der Waals surface area contributed by atoms with Crippen LogP contribution < -0.4 is 14.4 Å². The number of fused-ring (bicyclic) bond motifs is 1. The lowest BCUT2D eigenvalue weighted by Gasteiger charge is -2.41. The van der Waals surface area contributed by atoms with E-state index in [1.165, 1.54) is 0 Å². The van der Waals surface area contributed by atoms with Gasteiger partial charge >= 0.3 is 5.97 Å². The van der Waals surface area contributed by atoms with Gasteiger partial charge in [0.15, 0.2) is 17.4 Å². The molecule has 11 heteroatoms. The summed E-state index contributed by atoms with van der Waals surface area (Å²) in [6.07, 6.45) is 1.76. The van der Waals surface area contributed by atoms with Gasteiger partial charge in [-0.05, 0) is 62.4 Å². The molecule has 4 rings (SSSR count). The third-order valence-electron chi connectivity index (χ3n) is 7.88. The second-order valence-electron chi connectivity index (χ2n) is 10.8. The molecule has 0 amide bonds. The predicted molar refractivity (Wildman–Crippen MR) is 148 cm³/mol. The summed E-state index contributed by atoms with van der Waals surface area (Å²) in [6.45, 7) is 1.38. The van der Waals surface area contributed by atoms with Crippen LogP contribution in [0.1, 0.15) is 43.8 Å². The van der Waals surface area contributed by atoms with Crippen LogP contribution in [0.5, 0.6) is 11.5 Å². The number of alkyl halides is 1. The first-order valence-corrected chi connectivity index (χ1v) is 13.5. The molecule has 1 saturated heterocycles. The lowest BCUT2D eigenvalue weighted by atomic mass is 9.71. The van der Waals surface area contributed by atoms with Gasteiger partial charge in [0, 0.05) is 43.7 Å². The van der Waals surface area contributed by atoms with Crippen LogP contribution in [0.2, 0.25) is 0 Å². The molecule has 1 fully saturated rings. The van der Waals surface area contributed by atoms with Crippen molar-refractivity contribution in [2.45, 2.75) is 38.3 Å². The highest BCUT2D eigenvalue weighted by Gasteiger charge is 2.37. The van der Waals surface area contributed by atoms with Crippen LogP contribution in [-0.4, -0.2) is 68.4 Å². The number of carboxylic acids is 1. The van der Waals surface area contributed by atoms with Crippen LogP contribution >= 0.6 is 0 Å². The van der Waals surface area contributed by atoms with Crippen LogP contribution in [-0.2, 0) is 4.79 Å². The Morgan fingerprint density at radius 1 is 1.15 bits per heavy atom. The number of nitrogens with zero attached hydrogens (tertiary/aromatic N) is 3. The van der Waals surface area contributed by atoms with Gasteiger partial charge < -0.3 is 19.5 Å². The maximum atomic E-state index is 16.1. The lowest BCUT2D eigenvalue weighted by molar-refractivity contribution is -0.141. The molecule has 1 aliphatic heterocycles. The molecule has 1 atom stereocenters. The number of anilines is 1. The van der Waals surface area contributed by atoms with Gasteiger partial charge in [-0.25, -0.2) is 17.6 Å². The molecule has 222 valence electrons. The average Bonchev–Trinajstić information content (AvgIpc) is 2.92. The SMILES string of the molecule is COc1ccc2ncc(N(C)C)c([C@@H](F)CCC3(CC(=O)O)CCN(CCOc4c(F)cc(F)cc4F)CC3)c2c1. The molecule has 2 heterocycles. The zero-order valence-electron chi connectivity index (χ0n) is 23.4. The number of rotatable bonds is 12. The Balaban J connectivity index is 1.43. The Bertz CT molecular complexity index is 1360. The van der Waals surface area contributed by atoms with Crippen LogP contribution in [0.3, 0.4) is 0 Å². The number of methoxy groups -OCH3 is 1. The van der Waals surface area contributed by atoms with Crippen molar-refractivity contribution < 1.29 is 36.9 Å². The van der Waals surface area contributed by atoms with Gasteiger partial charge in [-0.1, -0.05) is 0 Å². The fourth-order valence-electron chi connectivity index (χ4n) is 5.60. The van der Waals surface area contributed by atoms with Gasteiger partial charge in [0.05, 0.1) is 30.9 Å². The van der Waals surface area contributed by atoms with E-state index in [-0.39, 0.29) is 19.4 Å². The molecule has 0 aliphatic carbocycles. The summed E-state index contributed by atoms with van der Waals surface area (Å²) >= 11 is 0. The van der Waals surface area contributed by atoms with Gasteiger partial charge in [-0.2, -0.15) is 0 Å². The zero-order valence-corrected chi connectivity index (χ0v) is 23.4. The second kappa shape index (κ2) is 12.9. The van der Waals surface area contributed by atoms with Crippen molar-refractivity contribution in [3.05, 3.63) is 59.5 Å². The van der Waals surface area contributed by atoms with E-state index in [0.717, 1.165) is 0 Å². The molecule has 3 aromatic rings. The summed E-state index contributed by atoms with van der Waals surface area (Å²) in [5.74, 6) is -4.22. The van der Waals surface area contributed by atoms with Crippen LogP contribution in [0.15, 0.2) is 36.5 Å². The first kappa shape index (κ1) is 30.4. The van der Waals surface area contributed by atoms with Crippen LogP contribution in [0.4, 0.5) is 23.2 Å². The lowest BCUT2D eigenvalue weighted by Crippen LogP contribution is -2.42. The number of pyridine rings is 1. The number of carbonyl (C=O) groups is 1. The fraction of sp³-hybridized carbons (Fsp3) is 0.467. The van der Waals surface area contributed by atoms with Gasteiger partial charge in [-0.3, -0.25) is 14.7 Å². The molecule has 2 aromatic carbocycles. The summed E-state index contributed by atoms with van der Waals surface area (Å²) in [5.41, 5.74) is 1.19. The Hall–Kier alpha value is -3.60. The van der Waals surface area contributed by atoms with E-state index in [1.807, 2.05) is 23.9 Å². The average molecular weight is 578 g/mol. The van der Waals surface area contributed by atoms with Crippen molar-refractivity contribution in [1.29, 1.82) is 0 Å². The van der Waals surface area contributed by atoms with E-state index in [9.17, 15) is 23.1 Å². The van der Waals surface area contributed by atoms with E-state index in [4.69, 9.17) is 9.47 Å². The predicted octanol–water partition coefficient (Wildman–Crippen LogP) is 6.15. The monoisotopic (exact) mass is 577 g/mol. The minimum absolute atomic E-state index is 0.0240. The highest BCUT2D eigenvalue weighted by Crippen LogP contribution is 2.44. The summed E-state index contributed by atoms with van der Waals surface area (Å²) in [7, 11) is 5.19. The van der Waals surface area contributed by atoms with E-state index in [0.29, 0.717) is 78.9 Å². The third-order valence-corrected chi connectivity index (χ3v) is 7.88. The Morgan fingerprint density at radius 2 is 1.83 bits per heavy atom. The van der Waals surface area contributed by atoms with E-state index < -0.39 is 40.8 Å². The molecule has 1 aliphatic rings. The largest absolute Gasteiger partial charge is 0.497 e. The molecule has 0 saturated carbocycles. The van der Waals surface area contributed by atoms with E-state index >= 15 is 4.39 Å². The number of carboxylic acid groups (broad SMARTS) is 1. The third kappa shape index (κ3) is 7.19. The van der Waals surface area contributed by atoms with E-state index in [1.54, 1.807) is 31.5 Å².